The van der Waals surface area contributed by atoms with Crippen LogP contribution in [0.5, 0.6) is 17.2 Å². The summed E-state index contributed by atoms with van der Waals surface area (Å²) in [5.74, 6) is 2.00. The summed E-state index contributed by atoms with van der Waals surface area (Å²) in [6.07, 6.45) is 9.24. The van der Waals surface area contributed by atoms with Crippen LogP contribution in [0.3, 0.4) is 0 Å². The fraction of sp³-hybridized carbons (Fsp3) is 0.412. The molecule has 1 aliphatic carbocycles. The average molecular weight is 600 g/mol. The third-order valence-electron chi connectivity index (χ3n) is 9.82. The van der Waals surface area contributed by atoms with Crippen LogP contribution in [-0.4, -0.2) is 78.5 Å². The summed E-state index contributed by atoms with van der Waals surface area (Å²) in [7, 11) is 1.71. The highest BCUT2D eigenvalue weighted by Crippen LogP contribution is 2.51. The molecule has 1 saturated carbocycles. The first-order valence-corrected chi connectivity index (χ1v) is 15.6. The molecule has 224 valence electrons. The van der Waals surface area contributed by atoms with Crippen molar-refractivity contribution in [3.8, 4) is 17.2 Å². The Kier molecular flexibility index (Phi) is 7.76. The van der Waals surface area contributed by atoms with Gasteiger partial charge in [0.25, 0.3) is 0 Å². The predicted molar refractivity (Wildman–Crippen MR) is 170 cm³/mol. The Labute approximate surface area is 257 Å². The lowest BCUT2D eigenvalue weighted by atomic mass is 9.60. The number of piperazine rings is 1. The number of rotatable bonds is 8. The first kappa shape index (κ1) is 28.2. The average Bonchev–Trinajstić information content (AvgIpc) is 3.40. The highest BCUT2D eigenvalue weighted by Gasteiger charge is 2.48. The van der Waals surface area contributed by atoms with Crippen LogP contribution in [0.4, 0.5) is 5.69 Å². The minimum atomic E-state index is 0.473. The number of aromatic amines is 1. The number of ether oxygens (including phenoxy) is 2. The van der Waals surface area contributed by atoms with Gasteiger partial charge in [0.2, 0.25) is 0 Å². The standard InChI is InChI=1S/C34H38ClN5O3/c1-42-28-6-2-24(3-7-28)22-38-12-14-40(15-13-38)27-18-34(19-27)8-10-39(11-9-34)26-5-4-25(23-41)32(16-26)43-29-17-30-31(35)21-37-33(30)36-20-29/h2-7,16-17,20-21,23,27H,8-15,18-19,22H2,1H3,(H,36,37). The summed E-state index contributed by atoms with van der Waals surface area (Å²) >= 11 is 6.27. The lowest BCUT2D eigenvalue weighted by Gasteiger charge is -2.56. The number of halogens is 1. The van der Waals surface area contributed by atoms with Crippen LogP contribution < -0.4 is 14.4 Å². The van der Waals surface area contributed by atoms with Crippen molar-refractivity contribution in [2.45, 2.75) is 38.3 Å². The van der Waals surface area contributed by atoms with Gasteiger partial charge in [0.05, 0.1) is 23.9 Å². The van der Waals surface area contributed by atoms with E-state index in [-0.39, 0.29) is 0 Å². The fourth-order valence-corrected chi connectivity index (χ4v) is 7.36. The molecule has 1 spiro atoms. The molecular formula is C34H38ClN5O3. The van der Waals surface area contributed by atoms with Crippen molar-refractivity contribution >= 4 is 34.6 Å². The number of carbonyl (C=O) groups is 1. The maximum absolute atomic E-state index is 11.8. The number of hydrogen-bond donors (Lipinski definition) is 1. The first-order valence-electron chi connectivity index (χ1n) is 15.2. The molecule has 4 heterocycles. The van der Waals surface area contributed by atoms with Crippen LogP contribution in [0.25, 0.3) is 11.0 Å². The number of pyridine rings is 1. The highest BCUT2D eigenvalue weighted by molar-refractivity contribution is 6.35. The Bertz CT molecular complexity index is 1580. The minimum absolute atomic E-state index is 0.473. The summed E-state index contributed by atoms with van der Waals surface area (Å²) in [6, 6.07) is 16.9. The molecule has 0 atom stereocenters. The second kappa shape index (κ2) is 11.8. The van der Waals surface area contributed by atoms with Crippen LogP contribution in [-0.2, 0) is 6.54 Å². The van der Waals surface area contributed by atoms with E-state index in [0.29, 0.717) is 33.1 Å². The molecule has 2 aromatic carbocycles. The molecule has 3 fully saturated rings. The number of benzene rings is 2. The monoisotopic (exact) mass is 599 g/mol. The van der Waals surface area contributed by atoms with Crippen molar-refractivity contribution < 1.29 is 14.3 Å². The number of aromatic nitrogens is 2. The van der Waals surface area contributed by atoms with Crippen molar-refractivity contribution in [3.05, 3.63) is 77.1 Å². The molecule has 0 bridgehead atoms. The zero-order valence-electron chi connectivity index (χ0n) is 24.6. The molecule has 3 aliphatic rings. The Morgan fingerprint density at radius 3 is 2.49 bits per heavy atom. The lowest BCUT2D eigenvalue weighted by Crippen LogP contribution is -2.59. The van der Waals surface area contributed by atoms with Gasteiger partial charge >= 0.3 is 0 Å². The molecule has 1 N–H and O–H groups in total. The van der Waals surface area contributed by atoms with E-state index in [1.54, 1.807) is 19.5 Å². The number of hydrogen-bond acceptors (Lipinski definition) is 7. The maximum Gasteiger partial charge on any atom is 0.153 e. The zero-order valence-corrected chi connectivity index (χ0v) is 25.4. The predicted octanol–water partition coefficient (Wildman–Crippen LogP) is 6.40. The Balaban J connectivity index is 0.915. The van der Waals surface area contributed by atoms with Crippen molar-refractivity contribution in [2.24, 2.45) is 5.41 Å². The topological polar surface area (TPSA) is 73.9 Å². The van der Waals surface area contributed by atoms with Gasteiger partial charge < -0.3 is 19.4 Å². The molecule has 4 aromatic rings. The van der Waals surface area contributed by atoms with Crippen molar-refractivity contribution in [1.82, 2.24) is 19.8 Å². The lowest BCUT2D eigenvalue weighted by molar-refractivity contribution is -0.0355. The van der Waals surface area contributed by atoms with E-state index < -0.39 is 0 Å². The number of carbonyl (C=O) groups excluding carboxylic acids is 1. The molecule has 2 aliphatic heterocycles. The van der Waals surface area contributed by atoms with E-state index in [4.69, 9.17) is 21.1 Å². The highest BCUT2D eigenvalue weighted by atomic mass is 35.5. The van der Waals surface area contributed by atoms with Crippen LogP contribution in [0.15, 0.2) is 60.9 Å². The van der Waals surface area contributed by atoms with E-state index in [1.165, 1.54) is 31.2 Å². The molecule has 0 amide bonds. The van der Waals surface area contributed by atoms with Crippen LogP contribution in [0.2, 0.25) is 5.02 Å². The summed E-state index contributed by atoms with van der Waals surface area (Å²) in [6.45, 7) is 7.64. The van der Waals surface area contributed by atoms with Gasteiger partial charge in [-0.3, -0.25) is 14.6 Å². The summed E-state index contributed by atoms with van der Waals surface area (Å²) in [4.78, 5) is 27.0. The Morgan fingerprint density at radius 2 is 1.77 bits per heavy atom. The van der Waals surface area contributed by atoms with Gasteiger partial charge in [-0.25, -0.2) is 4.98 Å². The smallest absolute Gasteiger partial charge is 0.153 e. The largest absolute Gasteiger partial charge is 0.497 e. The second-order valence-corrected chi connectivity index (χ2v) is 12.8. The van der Waals surface area contributed by atoms with Crippen LogP contribution in [0, 0.1) is 5.41 Å². The van der Waals surface area contributed by atoms with E-state index in [0.717, 1.165) is 75.0 Å². The third kappa shape index (κ3) is 5.84. The van der Waals surface area contributed by atoms with Gasteiger partial charge in [0.1, 0.15) is 22.9 Å². The summed E-state index contributed by atoms with van der Waals surface area (Å²) < 4.78 is 11.5. The number of methoxy groups -OCH3 is 1. The first-order chi connectivity index (χ1) is 21.0. The van der Waals surface area contributed by atoms with Crippen molar-refractivity contribution in [2.75, 3.05) is 51.3 Å². The number of H-pyrrole nitrogens is 1. The molecule has 8 nitrogen and oxygen atoms in total. The molecule has 0 unspecified atom stereocenters. The van der Waals surface area contributed by atoms with Gasteiger partial charge in [-0.15, -0.1) is 0 Å². The van der Waals surface area contributed by atoms with Gasteiger partial charge in [-0.2, -0.15) is 0 Å². The third-order valence-corrected chi connectivity index (χ3v) is 10.1. The molecule has 2 aromatic heterocycles. The molecule has 2 saturated heterocycles. The van der Waals surface area contributed by atoms with Crippen molar-refractivity contribution in [3.63, 3.8) is 0 Å². The van der Waals surface area contributed by atoms with E-state index in [9.17, 15) is 4.79 Å². The summed E-state index contributed by atoms with van der Waals surface area (Å²) in [5, 5.41) is 1.38. The molecule has 9 heteroatoms. The normalized spacial score (nSPS) is 19.4. The Hall–Kier alpha value is -3.59. The second-order valence-electron chi connectivity index (χ2n) is 12.4. The number of aldehydes is 1. The molecule has 43 heavy (non-hydrogen) atoms. The quantitative estimate of drug-likeness (QED) is 0.235. The fourth-order valence-electron chi connectivity index (χ4n) is 7.16. The van der Waals surface area contributed by atoms with Crippen molar-refractivity contribution in [1.29, 1.82) is 0 Å². The van der Waals surface area contributed by atoms with Crippen LogP contribution in [0.1, 0.15) is 41.6 Å². The SMILES string of the molecule is COc1ccc(CN2CCN(C3CC4(CCN(c5ccc(C=O)c(Oc6cnc7[nH]cc(Cl)c7c6)c5)CC4)C3)CC2)cc1. The number of piperidine rings is 1. The number of nitrogens with one attached hydrogen (secondary N) is 1. The van der Waals surface area contributed by atoms with E-state index in [1.807, 2.05) is 24.3 Å². The Morgan fingerprint density at radius 1 is 1.00 bits per heavy atom. The van der Waals surface area contributed by atoms with Crippen LogP contribution >= 0.6 is 11.6 Å². The van der Waals surface area contributed by atoms with E-state index >= 15 is 0 Å². The zero-order chi connectivity index (χ0) is 29.4. The van der Waals surface area contributed by atoms with Gasteiger partial charge in [-0.05, 0) is 67.0 Å². The minimum Gasteiger partial charge on any atom is -0.497 e. The summed E-state index contributed by atoms with van der Waals surface area (Å²) in [5.41, 5.74) is 4.13. The van der Waals surface area contributed by atoms with E-state index in [2.05, 4.69) is 48.9 Å². The maximum atomic E-state index is 11.8. The molecule has 0 radical (unpaired) electrons. The van der Waals surface area contributed by atoms with Gasteiger partial charge in [-0.1, -0.05) is 23.7 Å². The molecule has 7 rings (SSSR count). The molecular weight excluding hydrogens is 562 g/mol. The van der Waals surface area contributed by atoms with Gasteiger partial charge in [0.15, 0.2) is 6.29 Å². The number of anilines is 1. The number of fused-ring (bicyclic) bond motifs is 1. The number of nitrogens with zero attached hydrogens (tertiary/aromatic N) is 4. The van der Waals surface area contributed by atoms with Gasteiger partial charge in [0, 0.05) is 75.2 Å².